The minimum absolute atomic E-state index is 0.0664. The summed E-state index contributed by atoms with van der Waals surface area (Å²) in [6, 6.07) is 14.9. The highest BCUT2D eigenvalue weighted by molar-refractivity contribution is 8.00. The highest BCUT2D eigenvalue weighted by atomic mass is 35.5. The molecule has 2 aromatic carbocycles. The molecule has 0 spiro atoms. The first-order valence-corrected chi connectivity index (χ1v) is 8.99. The maximum atomic E-state index is 12.4. The number of thioether (sulfide) groups is 1. The molecular formula is C18H17ClN4OS. The highest BCUT2D eigenvalue weighted by Crippen LogP contribution is 2.26. The van der Waals surface area contributed by atoms with Gasteiger partial charge in [0, 0.05) is 21.2 Å². The second-order valence-electron chi connectivity index (χ2n) is 5.53. The zero-order valence-electron chi connectivity index (χ0n) is 13.8. The third-order valence-electron chi connectivity index (χ3n) is 3.48. The minimum Gasteiger partial charge on any atom is -0.325 e. The Balaban J connectivity index is 1.67. The fourth-order valence-electron chi connectivity index (χ4n) is 2.22. The van der Waals surface area contributed by atoms with E-state index in [1.54, 1.807) is 0 Å². The van der Waals surface area contributed by atoms with Crippen molar-refractivity contribution in [1.29, 1.82) is 0 Å². The van der Waals surface area contributed by atoms with Crippen molar-refractivity contribution in [2.24, 2.45) is 0 Å². The molecule has 1 unspecified atom stereocenters. The molecule has 3 rings (SSSR count). The van der Waals surface area contributed by atoms with Gasteiger partial charge in [-0.25, -0.2) is 4.98 Å². The summed E-state index contributed by atoms with van der Waals surface area (Å²) >= 11 is 7.37. The third kappa shape index (κ3) is 4.61. The number of halogens is 1. The van der Waals surface area contributed by atoms with Crippen molar-refractivity contribution in [3.8, 4) is 11.4 Å². The van der Waals surface area contributed by atoms with Crippen LogP contribution in [0.15, 0.2) is 53.4 Å². The minimum atomic E-state index is -0.240. The van der Waals surface area contributed by atoms with Crippen LogP contribution in [0.3, 0.4) is 0 Å². The van der Waals surface area contributed by atoms with E-state index in [1.807, 2.05) is 62.4 Å². The van der Waals surface area contributed by atoms with Gasteiger partial charge in [-0.15, -0.1) is 11.8 Å². The van der Waals surface area contributed by atoms with Crippen LogP contribution in [-0.2, 0) is 4.79 Å². The standard InChI is InChI=1S/C18H17ClN4OS/c1-11(25-16-8-6-14(19)7-9-16)18(24)21-15-5-3-4-13(10-15)17-20-12(2)22-23-17/h3-11H,1-2H3,(H,21,24)(H,20,22,23). The number of hydrogen-bond donors (Lipinski definition) is 2. The Labute approximate surface area is 155 Å². The predicted molar refractivity (Wildman–Crippen MR) is 102 cm³/mol. The Kier molecular flexibility index (Phi) is 5.40. The van der Waals surface area contributed by atoms with Gasteiger partial charge in [-0.2, -0.15) is 5.10 Å². The van der Waals surface area contributed by atoms with Gasteiger partial charge < -0.3 is 5.32 Å². The molecule has 0 saturated heterocycles. The lowest BCUT2D eigenvalue weighted by Crippen LogP contribution is -2.22. The van der Waals surface area contributed by atoms with Crippen molar-refractivity contribution in [3.05, 3.63) is 59.4 Å². The smallest absolute Gasteiger partial charge is 0.237 e. The Morgan fingerprint density at radius 1 is 1.24 bits per heavy atom. The second kappa shape index (κ2) is 7.72. The average molecular weight is 373 g/mol. The van der Waals surface area contributed by atoms with Crippen molar-refractivity contribution in [2.45, 2.75) is 24.0 Å². The monoisotopic (exact) mass is 372 g/mol. The molecule has 0 bridgehead atoms. The molecule has 1 heterocycles. The molecule has 2 N–H and O–H groups in total. The zero-order chi connectivity index (χ0) is 17.8. The van der Waals surface area contributed by atoms with E-state index >= 15 is 0 Å². The number of amides is 1. The number of aromatic amines is 1. The Hall–Kier alpha value is -2.31. The quantitative estimate of drug-likeness (QED) is 0.644. The SMILES string of the molecule is Cc1nc(-c2cccc(NC(=O)C(C)Sc3ccc(Cl)cc3)c2)n[nH]1. The molecule has 0 radical (unpaired) electrons. The van der Waals surface area contributed by atoms with Crippen LogP contribution >= 0.6 is 23.4 Å². The molecule has 0 aliphatic heterocycles. The van der Waals surface area contributed by atoms with E-state index in [1.165, 1.54) is 11.8 Å². The molecule has 1 aromatic heterocycles. The van der Waals surface area contributed by atoms with Crippen LogP contribution in [0.1, 0.15) is 12.7 Å². The van der Waals surface area contributed by atoms with Gasteiger partial charge in [-0.05, 0) is 50.2 Å². The lowest BCUT2D eigenvalue weighted by molar-refractivity contribution is -0.115. The molecular weight excluding hydrogens is 356 g/mol. The Morgan fingerprint density at radius 2 is 2.00 bits per heavy atom. The lowest BCUT2D eigenvalue weighted by atomic mass is 10.2. The van der Waals surface area contributed by atoms with E-state index in [0.29, 0.717) is 16.5 Å². The number of rotatable bonds is 5. The zero-order valence-corrected chi connectivity index (χ0v) is 15.4. The number of nitrogens with one attached hydrogen (secondary N) is 2. The van der Waals surface area contributed by atoms with Gasteiger partial charge in [0.25, 0.3) is 0 Å². The Morgan fingerprint density at radius 3 is 2.68 bits per heavy atom. The number of carbonyl (C=O) groups is 1. The molecule has 128 valence electrons. The number of aryl methyl sites for hydroxylation is 1. The molecule has 1 amide bonds. The molecule has 0 saturated carbocycles. The fraction of sp³-hybridized carbons (Fsp3) is 0.167. The second-order valence-corrected chi connectivity index (χ2v) is 7.38. The van der Waals surface area contributed by atoms with E-state index in [9.17, 15) is 4.79 Å². The number of nitrogens with zero attached hydrogens (tertiary/aromatic N) is 2. The van der Waals surface area contributed by atoms with Crippen molar-refractivity contribution >= 4 is 35.0 Å². The number of benzene rings is 2. The fourth-order valence-corrected chi connectivity index (χ4v) is 3.22. The summed E-state index contributed by atoms with van der Waals surface area (Å²) in [5, 5.41) is 10.3. The average Bonchev–Trinajstić information content (AvgIpc) is 3.03. The van der Waals surface area contributed by atoms with Crippen LogP contribution < -0.4 is 5.32 Å². The number of H-pyrrole nitrogens is 1. The van der Waals surface area contributed by atoms with E-state index in [-0.39, 0.29) is 11.2 Å². The van der Waals surface area contributed by atoms with Gasteiger partial charge in [-0.1, -0.05) is 23.7 Å². The van der Waals surface area contributed by atoms with Crippen LogP contribution in [-0.4, -0.2) is 26.3 Å². The van der Waals surface area contributed by atoms with E-state index < -0.39 is 0 Å². The normalized spacial score (nSPS) is 12.0. The summed E-state index contributed by atoms with van der Waals surface area (Å²) in [4.78, 5) is 17.7. The molecule has 0 aliphatic rings. The van der Waals surface area contributed by atoms with Crippen LogP contribution in [0.2, 0.25) is 5.02 Å². The topological polar surface area (TPSA) is 70.7 Å². The summed E-state index contributed by atoms with van der Waals surface area (Å²) in [6.07, 6.45) is 0. The summed E-state index contributed by atoms with van der Waals surface area (Å²) in [5.41, 5.74) is 1.56. The lowest BCUT2D eigenvalue weighted by Gasteiger charge is -2.12. The van der Waals surface area contributed by atoms with E-state index in [2.05, 4.69) is 20.5 Å². The highest BCUT2D eigenvalue weighted by Gasteiger charge is 2.15. The van der Waals surface area contributed by atoms with Gasteiger partial charge in [0.15, 0.2) is 5.82 Å². The van der Waals surface area contributed by atoms with Crippen molar-refractivity contribution in [1.82, 2.24) is 15.2 Å². The van der Waals surface area contributed by atoms with Gasteiger partial charge in [0.1, 0.15) is 5.82 Å². The molecule has 0 aliphatic carbocycles. The molecule has 5 nitrogen and oxygen atoms in total. The summed E-state index contributed by atoms with van der Waals surface area (Å²) in [5.74, 6) is 1.29. The van der Waals surface area contributed by atoms with Gasteiger partial charge >= 0.3 is 0 Å². The molecule has 3 aromatic rings. The van der Waals surface area contributed by atoms with Gasteiger partial charge in [0.2, 0.25) is 5.91 Å². The van der Waals surface area contributed by atoms with Crippen LogP contribution in [0, 0.1) is 6.92 Å². The Bertz CT molecular complexity index is 879. The summed E-state index contributed by atoms with van der Waals surface area (Å²) in [6.45, 7) is 3.72. The summed E-state index contributed by atoms with van der Waals surface area (Å²) in [7, 11) is 0. The predicted octanol–water partition coefficient (Wildman–Crippen LogP) is 4.55. The van der Waals surface area contributed by atoms with E-state index in [4.69, 9.17) is 11.6 Å². The maximum absolute atomic E-state index is 12.4. The largest absolute Gasteiger partial charge is 0.325 e. The first-order valence-electron chi connectivity index (χ1n) is 7.74. The maximum Gasteiger partial charge on any atom is 0.237 e. The molecule has 25 heavy (non-hydrogen) atoms. The molecule has 0 fully saturated rings. The first kappa shape index (κ1) is 17.5. The van der Waals surface area contributed by atoms with Crippen LogP contribution in [0.25, 0.3) is 11.4 Å². The summed E-state index contributed by atoms with van der Waals surface area (Å²) < 4.78 is 0. The van der Waals surface area contributed by atoms with Crippen LogP contribution in [0.5, 0.6) is 0 Å². The van der Waals surface area contributed by atoms with E-state index in [0.717, 1.165) is 16.3 Å². The van der Waals surface area contributed by atoms with Gasteiger partial charge in [-0.3, -0.25) is 9.89 Å². The van der Waals surface area contributed by atoms with Crippen molar-refractivity contribution in [3.63, 3.8) is 0 Å². The number of hydrogen-bond acceptors (Lipinski definition) is 4. The van der Waals surface area contributed by atoms with Gasteiger partial charge in [0.05, 0.1) is 5.25 Å². The number of anilines is 1. The van der Waals surface area contributed by atoms with Crippen LogP contribution in [0.4, 0.5) is 5.69 Å². The van der Waals surface area contributed by atoms with Crippen molar-refractivity contribution < 1.29 is 4.79 Å². The molecule has 1 atom stereocenters. The van der Waals surface area contributed by atoms with Crippen molar-refractivity contribution in [2.75, 3.05) is 5.32 Å². The first-order chi connectivity index (χ1) is 12.0. The number of carbonyl (C=O) groups excluding carboxylic acids is 1. The number of aromatic nitrogens is 3. The third-order valence-corrected chi connectivity index (χ3v) is 4.85. The molecule has 7 heteroatoms.